The van der Waals surface area contributed by atoms with Gasteiger partial charge in [-0.05, 0) is 12.0 Å². The Morgan fingerprint density at radius 1 is 1.35 bits per heavy atom. The first-order valence-electron chi connectivity index (χ1n) is 5.26. The van der Waals surface area contributed by atoms with Crippen molar-refractivity contribution in [3.8, 4) is 5.88 Å². The van der Waals surface area contributed by atoms with Crippen LogP contribution in [0.15, 0.2) is 42.6 Å². The van der Waals surface area contributed by atoms with Crippen molar-refractivity contribution in [2.45, 2.75) is 12.5 Å². The Kier molecular flexibility index (Phi) is 3.52. The van der Waals surface area contributed by atoms with E-state index in [1.54, 1.807) is 6.07 Å². The Morgan fingerprint density at radius 3 is 2.76 bits per heavy atom. The van der Waals surface area contributed by atoms with Crippen molar-refractivity contribution < 1.29 is 9.53 Å². The fourth-order valence-electron chi connectivity index (χ4n) is 1.44. The molecule has 0 radical (unpaired) electrons. The van der Waals surface area contributed by atoms with Crippen molar-refractivity contribution in [3.05, 3.63) is 48.2 Å². The highest BCUT2D eigenvalue weighted by atomic mass is 16.5. The maximum absolute atomic E-state index is 11.6. The first kappa shape index (κ1) is 11.3. The molecular weight excluding hydrogens is 218 g/mol. The average Bonchev–Trinajstić information content (AvgIpc) is 2.83. The van der Waals surface area contributed by atoms with Crippen LogP contribution >= 0.6 is 0 Å². The summed E-state index contributed by atoms with van der Waals surface area (Å²) in [6.45, 7) is 0. The van der Waals surface area contributed by atoms with Crippen molar-refractivity contribution in [3.63, 3.8) is 0 Å². The van der Waals surface area contributed by atoms with E-state index in [1.807, 2.05) is 30.3 Å². The van der Waals surface area contributed by atoms with Crippen molar-refractivity contribution >= 4 is 5.97 Å². The molecule has 0 amide bonds. The highest BCUT2D eigenvalue weighted by Gasteiger charge is 2.16. The highest BCUT2D eigenvalue weighted by Crippen LogP contribution is 2.06. The number of benzene rings is 1. The van der Waals surface area contributed by atoms with Crippen LogP contribution in [0.5, 0.6) is 5.88 Å². The fourth-order valence-corrected chi connectivity index (χ4v) is 1.44. The van der Waals surface area contributed by atoms with Crippen LogP contribution in [0, 0.1) is 0 Å². The summed E-state index contributed by atoms with van der Waals surface area (Å²) in [4.78, 5) is 11.6. The Hall–Kier alpha value is -2.14. The van der Waals surface area contributed by atoms with Gasteiger partial charge >= 0.3 is 5.97 Å². The second kappa shape index (κ2) is 5.27. The molecule has 2 aromatic rings. The number of carbonyl (C=O) groups excluding carboxylic acids is 1. The normalized spacial score (nSPS) is 12.1. The number of nitrogens with one attached hydrogen (secondary N) is 1. The number of carbonyl (C=O) groups is 1. The van der Waals surface area contributed by atoms with Crippen molar-refractivity contribution in [2.24, 2.45) is 5.73 Å². The zero-order chi connectivity index (χ0) is 12.1. The van der Waals surface area contributed by atoms with E-state index in [4.69, 9.17) is 10.5 Å². The number of rotatable bonds is 4. The third kappa shape index (κ3) is 3.15. The predicted octanol–water partition coefficient (Wildman–Crippen LogP) is 0.885. The maximum Gasteiger partial charge on any atom is 0.329 e. The molecule has 88 valence electrons. The minimum absolute atomic E-state index is 0.304. The lowest BCUT2D eigenvalue weighted by atomic mass is 10.1. The Bertz CT molecular complexity index is 468. The molecule has 5 nitrogen and oxygen atoms in total. The summed E-state index contributed by atoms with van der Waals surface area (Å²) >= 11 is 0. The van der Waals surface area contributed by atoms with E-state index in [9.17, 15) is 4.79 Å². The van der Waals surface area contributed by atoms with Gasteiger partial charge in [0, 0.05) is 6.07 Å². The summed E-state index contributed by atoms with van der Waals surface area (Å²) in [7, 11) is 0. The minimum Gasteiger partial charge on any atom is -0.407 e. The number of ether oxygens (including phenoxy) is 1. The van der Waals surface area contributed by atoms with Crippen LogP contribution in [-0.4, -0.2) is 22.2 Å². The van der Waals surface area contributed by atoms with E-state index >= 15 is 0 Å². The van der Waals surface area contributed by atoms with Crippen LogP contribution in [0.2, 0.25) is 0 Å². The largest absolute Gasteiger partial charge is 0.407 e. The summed E-state index contributed by atoms with van der Waals surface area (Å²) in [5.41, 5.74) is 6.76. The van der Waals surface area contributed by atoms with Crippen molar-refractivity contribution in [1.29, 1.82) is 0 Å². The number of hydrogen-bond acceptors (Lipinski definition) is 4. The topological polar surface area (TPSA) is 81.0 Å². The van der Waals surface area contributed by atoms with Gasteiger partial charge in [0.25, 0.3) is 0 Å². The zero-order valence-electron chi connectivity index (χ0n) is 9.17. The molecule has 0 aliphatic rings. The van der Waals surface area contributed by atoms with Crippen molar-refractivity contribution in [1.82, 2.24) is 10.2 Å². The molecule has 0 saturated heterocycles. The molecule has 0 aliphatic heterocycles. The lowest BCUT2D eigenvalue weighted by Gasteiger charge is -2.09. The van der Waals surface area contributed by atoms with Gasteiger partial charge in [-0.1, -0.05) is 30.3 Å². The van der Waals surface area contributed by atoms with E-state index in [-0.39, 0.29) is 0 Å². The lowest BCUT2D eigenvalue weighted by Crippen LogP contribution is -2.36. The molecule has 1 aromatic carbocycles. The first-order chi connectivity index (χ1) is 8.25. The van der Waals surface area contributed by atoms with Crippen LogP contribution in [0.3, 0.4) is 0 Å². The summed E-state index contributed by atoms with van der Waals surface area (Å²) in [6, 6.07) is 10.4. The maximum atomic E-state index is 11.6. The third-order valence-electron chi connectivity index (χ3n) is 2.29. The number of nitrogens with zero attached hydrogens (tertiary/aromatic N) is 1. The lowest BCUT2D eigenvalue weighted by molar-refractivity contribution is -0.136. The number of hydrogen-bond donors (Lipinski definition) is 2. The molecule has 0 unspecified atom stereocenters. The number of aromatic amines is 1. The van der Waals surface area contributed by atoms with Gasteiger partial charge in [0.15, 0.2) is 0 Å². The molecule has 1 heterocycles. The molecule has 3 N–H and O–H groups in total. The minimum atomic E-state index is -0.680. The molecule has 1 atom stereocenters. The molecular formula is C12H13N3O2. The predicted molar refractivity (Wildman–Crippen MR) is 62.3 cm³/mol. The van der Waals surface area contributed by atoms with Gasteiger partial charge in [0.2, 0.25) is 5.88 Å². The zero-order valence-corrected chi connectivity index (χ0v) is 9.17. The van der Waals surface area contributed by atoms with Gasteiger partial charge < -0.3 is 10.5 Å². The van der Waals surface area contributed by atoms with E-state index in [0.717, 1.165) is 5.56 Å². The molecule has 1 aromatic heterocycles. The summed E-state index contributed by atoms with van der Waals surface area (Å²) in [6.07, 6.45) is 1.96. The quantitative estimate of drug-likeness (QED) is 0.765. The SMILES string of the molecule is N[C@H](Cc1ccccc1)C(=O)Oc1ccn[nH]1. The second-order valence-corrected chi connectivity index (χ2v) is 3.64. The standard InChI is InChI=1S/C12H13N3O2/c13-10(8-9-4-2-1-3-5-9)12(16)17-11-6-7-14-15-11/h1-7,10H,8,13H2,(H,14,15)/t10-/m1/s1. The van der Waals surface area contributed by atoms with Crippen LogP contribution in [0.4, 0.5) is 0 Å². The van der Waals surface area contributed by atoms with Crippen LogP contribution in [0.1, 0.15) is 5.56 Å². The Morgan fingerprint density at radius 2 is 2.12 bits per heavy atom. The molecule has 5 heteroatoms. The summed E-state index contributed by atoms with van der Waals surface area (Å²) in [5, 5.41) is 6.21. The number of esters is 1. The first-order valence-corrected chi connectivity index (χ1v) is 5.26. The van der Waals surface area contributed by atoms with Gasteiger partial charge in [-0.25, -0.2) is 9.89 Å². The van der Waals surface area contributed by atoms with E-state index in [2.05, 4.69) is 10.2 Å². The molecule has 0 saturated carbocycles. The fraction of sp³-hybridized carbons (Fsp3) is 0.167. The molecule has 17 heavy (non-hydrogen) atoms. The van der Waals surface area contributed by atoms with E-state index < -0.39 is 12.0 Å². The van der Waals surface area contributed by atoms with Crippen molar-refractivity contribution in [2.75, 3.05) is 0 Å². The van der Waals surface area contributed by atoms with E-state index in [0.29, 0.717) is 12.3 Å². The Balaban J connectivity index is 1.92. The number of aromatic nitrogens is 2. The average molecular weight is 231 g/mol. The van der Waals surface area contributed by atoms with Crippen LogP contribution in [0.25, 0.3) is 0 Å². The number of H-pyrrole nitrogens is 1. The molecule has 0 aliphatic carbocycles. The summed E-state index contributed by atoms with van der Waals surface area (Å²) < 4.78 is 5.01. The molecule has 0 bridgehead atoms. The van der Waals surface area contributed by atoms with Crippen LogP contribution < -0.4 is 10.5 Å². The van der Waals surface area contributed by atoms with E-state index in [1.165, 1.54) is 6.20 Å². The second-order valence-electron chi connectivity index (χ2n) is 3.64. The van der Waals surface area contributed by atoms with Crippen LogP contribution in [-0.2, 0) is 11.2 Å². The smallest absolute Gasteiger partial charge is 0.329 e. The summed E-state index contributed by atoms with van der Waals surface area (Å²) in [5.74, 6) is -0.170. The highest BCUT2D eigenvalue weighted by molar-refractivity contribution is 5.77. The third-order valence-corrected chi connectivity index (χ3v) is 2.29. The van der Waals surface area contributed by atoms with Gasteiger partial charge in [-0.2, -0.15) is 5.10 Å². The van der Waals surface area contributed by atoms with Gasteiger partial charge in [-0.15, -0.1) is 0 Å². The van der Waals surface area contributed by atoms with Gasteiger partial charge in [0.05, 0.1) is 6.20 Å². The number of nitrogens with two attached hydrogens (primary N) is 1. The van der Waals surface area contributed by atoms with Gasteiger partial charge in [0.1, 0.15) is 6.04 Å². The Labute approximate surface area is 98.6 Å². The molecule has 0 spiro atoms. The monoisotopic (exact) mass is 231 g/mol. The van der Waals surface area contributed by atoms with Gasteiger partial charge in [-0.3, -0.25) is 0 Å². The molecule has 0 fully saturated rings. The molecule has 2 rings (SSSR count).